The highest BCUT2D eigenvalue weighted by molar-refractivity contribution is 8.93. The second-order valence-electron chi connectivity index (χ2n) is 8.88. The minimum Gasteiger partial charge on any atom is -0.497 e. The third-order valence-electron chi connectivity index (χ3n) is 6.22. The number of ether oxygens (including phenoxy) is 4. The van der Waals surface area contributed by atoms with Gasteiger partial charge in [-0.2, -0.15) is 0 Å². The minimum atomic E-state index is 0. The van der Waals surface area contributed by atoms with Crippen molar-refractivity contribution in [1.82, 2.24) is 4.90 Å². The number of thioether (sulfide) groups is 1. The summed E-state index contributed by atoms with van der Waals surface area (Å²) in [6.07, 6.45) is 0. The van der Waals surface area contributed by atoms with E-state index in [-0.39, 0.29) is 17.0 Å². The smallest absolute Gasteiger partial charge is 0.165 e. The zero-order chi connectivity index (χ0) is 28.3. The van der Waals surface area contributed by atoms with Gasteiger partial charge in [-0.1, -0.05) is 78.0 Å². The molecule has 4 aromatic carbocycles. The van der Waals surface area contributed by atoms with E-state index in [9.17, 15) is 0 Å². The van der Waals surface area contributed by atoms with Crippen LogP contribution in [0, 0.1) is 0 Å². The van der Waals surface area contributed by atoms with E-state index in [1.54, 1.807) is 52.3 Å². The lowest BCUT2D eigenvalue weighted by Crippen LogP contribution is -2.28. The molecular weight excluding hydrogens is 624 g/mol. The molecule has 0 radical (unpaired) electrons. The Morgan fingerprint density at radius 3 is 1.71 bits per heavy atom. The Morgan fingerprint density at radius 1 is 0.683 bits per heavy atom. The van der Waals surface area contributed by atoms with Crippen molar-refractivity contribution in [3.8, 4) is 23.0 Å². The fraction of sp³-hybridized carbons (Fsp3) is 0.219. The molecule has 0 fully saturated rings. The van der Waals surface area contributed by atoms with Gasteiger partial charge in [0.15, 0.2) is 5.17 Å². The molecule has 0 N–H and O–H groups in total. The van der Waals surface area contributed by atoms with Crippen LogP contribution >= 0.6 is 40.3 Å². The monoisotopic (exact) mass is 656 g/mol. The normalized spacial score (nSPS) is 10.9. The second-order valence-corrected chi connectivity index (χ2v) is 10.2. The third kappa shape index (κ3) is 9.08. The molecule has 0 spiro atoms. The molecule has 0 aliphatic rings. The molecule has 0 atom stereocenters. The molecule has 0 aliphatic heterocycles. The maximum Gasteiger partial charge on any atom is 0.165 e. The van der Waals surface area contributed by atoms with E-state index in [0.717, 1.165) is 33.5 Å². The molecule has 4 rings (SSSR count). The summed E-state index contributed by atoms with van der Waals surface area (Å²) in [4.78, 5) is 7.39. The quantitative estimate of drug-likeness (QED) is 0.119. The van der Waals surface area contributed by atoms with E-state index in [4.69, 9.17) is 35.5 Å². The Labute approximate surface area is 262 Å². The highest BCUT2D eigenvalue weighted by Crippen LogP contribution is 2.39. The predicted octanol–water partition coefficient (Wildman–Crippen LogP) is 8.58. The lowest BCUT2D eigenvalue weighted by atomic mass is 10.1. The van der Waals surface area contributed by atoms with Crippen molar-refractivity contribution in [3.05, 3.63) is 113 Å². The van der Waals surface area contributed by atoms with E-state index in [0.29, 0.717) is 35.3 Å². The lowest BCUT2D eigenvalue weighted by Gasteiger charge is -2.27. The Balaban J connectivity index is 0.00000462. The minimum absolute atomic E-state index is 0. The van der Waals surface area contributed by atoms with Gasteiger partial charge in [0.05, 0.1) is 33.5 Å². The van der Waals surface area contributed by atoms with E-state index >= 15 is 0 Å². The van der Waals surface area contributed by atoms with Crippen LogP contribution in [0.5, 0.6) is 23.0 Å². The van der Waals surface area contributed by atoms with Crippen LogP contribution in [0.4, 0.5) is 5.69 Å². The number of nitrogens with zero attached hydrogens (tertiary/aromatic N) is 2. The van der Waals surface area contributed by atoms with Gasteiger partial charge in [0.1, 0.15) is 28.7 Å². The molecule has 6 nitrogen and oxygen atoms in total. The first-order chi connectivity index (χ1) is 19.5. The van der Waals surface area contributed by atoms with Crippen LogP contribution in [-0.2, 0) is 18.8 Å². The zero-order valence-corrected chi connectivity index (χ0v) is 26.8. The molecule has 4 aromatic rings. The van der Waals surface area contributed by atoms with Crippen molar-refractivity contribution < 1.29 is 18.9 Å². The molecule has 0 heterocycles. The van der Waals surface area contributed by atoms with Gasteiger partial charge in [0, 0.05) is 24.9 Å². The molecule has 216 valence electrons. The van der Waals surface area contributed by atoms with Gasteiger partial charge in [-0.15, -0.1) is 17.0 Å². The molecule has 9 heteroatoms. The first-order valence-corrected chi connectivity index (χ1v) is 14.1. The fourth-order valence-electron chi connectivity index (χ4n) is 4.04. The Hall–Kier alpha value is -3.33. The summed E-state index contributed by atoms with van der Waals surface area (Å²) in [6, 6.07) is 30.1. The number of hydrogen-bond donors (Lipinski definition) is 0. The molecular formula is C32H34BrClN2O4S. The van der Waals surface area contributed by atoms with Crippen molar-refractivity contribution >= 4 is 51.2 Å². The first-order valence-electron chi connectivity index (χ1n) is 12.7. The van der Waals surface area contributed by atoms with Crippen molar-refractivity contribution in [2.75, 3.05) is 28.4 Å². The van der Waals surface area contributed by atoms with Crippen LogP contribution in [0.25, 0.3) is 0 Å². The summed E-state index contributed by atoms with van der Waals surface area (Å²) in [5, 5.41) is 1.29. The van der Waals surface area contributed by atoms with Gasteiger partial charge >= 0.3 is 0 Å². The van der Waals surface area contributed by atoms with E-state index in [2.05, 4.69) is 41.3 Å². The molecule has 0 unspecified atom stereocenters. The van der Waals surface area contributed by atoms with Crippen LogP contribution in [0.15, 0.2) is 96.0 Å². The second kappa shape index (κ2) is 16.2. The number of hydrogen-bond acceptors (Lipinski definition) is 6. The Bertz CT molecular complexity index is 1350. The maximum absolute atomic E-state index is 6.52. The molecule has 0 amide bonds. The molecule has 0 bridgehead atoms. The third-order valence-corrected chi connectivity index (χ3v) is 7.60. The standard InChI is InChI=1S/C32H33ClN2O4S.BrH/c1-36-26-14-10-23(11-15-26)20-35(21-24-12-16-27(37-2)17-13-24)32(40-22-25-8-6-5-7-9-25)34-29-18-28(33)30(38-3)19-31(29)39-4;/h5-19H,20-22H2,1-4H3;1H. The highest BCUT2D eigenvalue weighted by Gasteiger charge is 2.18. The first kappa shape index (κ1) is 32.2. The summed E-state index contributed by atoms with van der Waals surface area (Å²) in [5.74, 6) is 3.48. The largest absolute Gasteiger partial charge is 0.497 e. The predicted molar refractivity (Wildman–Crippen MR) is 175 cm³/mol. The zero-order valence-electron chi connectivity index (χ0n) is 23.5. The highest BCUT2D eigenvalue weighted by atomic mass is 79.9. The number of amidine groups is 1. The Morgan fingerprint density at radius 2 is 1.22 bits per heavy atom. The van der Waals surface area contributed by atoms with E-state index < -0.39 is 0 Å². The van der Waals surface area contributed by atoms with Crippen molar-refractivity contribution in [1.29, 1.82) is 0 Å². The molecule has 0 saturated heterocycles. The summed E-state index contributed by atoms with van der Waals surface area (Å²) < 4.78 is 21.8. The fourth-order valence-corrected chi connectivity index (χ4v) is 5.24. The van der Waals surface area contributed by atoms with Crippen LogP contribution in [0.1, 0.15) is 16.7 Å². The van der Waals surface area contributed by atoms with E-state index in [1.165, 1.54) is 5.56 Å². The van der Waals surface area contributed by atoms with Crippen LogP contribution in [0.3, 0.4) is 0 Å². The SMILES string of the molecule is Br.COc1ccc(CN(Cc2ccc(OC)cc2)C(=Nc2cc(Cl)c(OC)cc2OC)SCc2ccccc2)cc1. The summed E-state index contributed by atoms with van der Waals surface area (Å²) >= 11 is 8.18. The van der Waals surface area contributed by atoms with Crippen LogP contribution in [0.2, 0.25) is 5.02 Å². The van der Waals surface area contributed by atoms with E-state index in [1.807, 2.05) is 42.5 Å². The number of rotatable bonds is 11. The average Bonchev–Trinajstić information content (AvgIpc) is 3.00. The summed E-state index contributed by atoms with van der Waals surface area (Å²) in [5.41, 5.74) is 4.08. The average molecular weight is 658 g/mol. The van der Waals surface area contributed by atoms with Gasteiger partial charge < -0.3 is 23.8 Å². The lowest BCUT2D eigenvalue weighted by molar-refractivity contribution is 0.394. The number of halogens is 2. The Kier molecular flexibility index (Phi) is 12.7. The molecule has 0 aliphatic carbocycles. The number of aliphatic imine (C=N–C) groups is 1. The van der Waals surface area contributed by atoms with Gasteiger partial charge in [0.25, 0.3) is 0 Å². The van der Waals surface area contributed by atoms with Crippen LogP contribution in [-0.4, -0.2) is 38.5 Å². The van der Waals surface area contributed by atoms with Gasteiger partial charge in [-0.3, -0.25) is 0 Å². The topological polar surface area (TPSA) is 52.5 Å². The summed E-state index contributed by atoms with van der Waals surface area (Å²) in [7, 11) is 6.54. The van der Waals surface area contributed by atoms with Gasteiger partial charge in [-0.05, 0) is 47.0 Å². The maximum atomic E-state index is 6.52. The molecule has 41 heavy (non-hydrogen) atoms. The van der Waals surface area contributed by atoms with Crippen molar-refractivity contribution in [2.24, 2.45) is 4.99 Å². The summed E-state index contributed by atoms with van der Waals surface area (Å²) in [6.45, 7) is 1.26. The molecule has 0 aromatic heterocycles. The van der Waals surface area contributed by atoms with Crippen molar-refractivity contribution in [2.45, 2.75) is 18.8 Å². The van der Waals surface area contributed by atoms with Crippen molar-refractivity contribution in [3.63, 3.8) is 0 Å². The molecule has 0 saturated carbocycles. The number of methoxy groups -OCH3 is 4. The van der Waals surface area contributed by atoms with Gasteiger partial charge in [-0.25, -0.2) is 4.99 Å². The number of benzene rings is 4. The van der Waals surface area contributed by atoms with Crippen LogP contribution < -0.4 is 18.9 Å². The van der Waals surface area contributed by atoms with Gasteiger partial charge in [0.2, 0.25) is 0 Å².